The summed E-state index contributed by atoms with van der Waals surface area (Å²) in [5.41, 5.74) is 0.851. The van der Waals surface area contributed by atoms with E-state index in [0.717, 1.165) is 25.1 Å². The maximum absolute atomic E-state index is 11.7. The van der Waals surface area contributed by atoms with Crippen molar-refractivity contribution >= 4 is 5.78 Å². The second-order valence-electron chi connectivity index (χ2n) is 8.11. The lowest BCUT2D eigenvalue weighted by atomic mass is 10.0. The van der Waals surface area contributed by atoms with E-state index in [0.29, 0.717) is 71.6 Å². The Kier molecular flexibility index (Phi) is 15.4. The molecule has 30 heavy (non-hydrogen) atoms. The van der Waals surface area contributed by atoms with Gasteiger partial charge < -0.3 is 18.9 Å². The van der Waals surface area contributed by atoms with Crippen LogP contribution in [0.5, 0.6) is 0 Å². The van der Waals surface area contributed by atoms with Gasteiger partial charge in [0.15, 0.2) is 0 Å². The Bertz CT molecular complexity index is 549. The number of Topliss-reactive ketones (excluding diaryl/α,β-unsaturated/α-hetero) is 1. The summed E-state index contributed by atoms with van der Waals surface area (Å²) in [6, 6.07) is 0. The summed E-state index contributed by atoms with van der Waals surface area (Å²) in [5.74, 6) is 0.898. The Labute approximate surface area is 181 Å². The SMILES string of the molecule is CC(C)COCCOCCCOCCCOCCn1cc(CCC(=O)C(C)C)nn1. The molecular weight excluding hydrogens is 386 g/mol. The summed E-state index contributed by atoms with van der Waals surface area (Å²) < 4.78 is 23.9. The molecule has 8 heteroatoms. The molecule has 0 saturated heterocycles. The summed E-state index contributed by atoms with van der Waals surface area (Å²) in [6.07, 6.45) is 4.81. The van der Waals surface area contributed by atoms with E-state index in [4.69, 9.17) is 18.9 Å². The fraction of sp³-hybridized carbons (Fsp3) is 0.864. The Morgan fingerprint density at radius 2 is 1.50 bits per heavy atom. The van der Waals surface area contributed by atoms with E-state index in [1.807, 2.05) is 20.0 Å². The van der Waals surface area contributed by atoms with Crippen LogP contribution in [-0.4, -0.2) is 73.6 Å². The van der Waals surface area contributed by atoms with E-state index < -0.39 is 0 Å². The highest BCUT2D eigenvalue weighted by molar-refractivity contribution is 5.80. The zero-order chi connectivity index (χ0) is 22.0. The molecule has 1 heterocycles. The van der Waals surface area contributed by atoms with E-state index in [2.05, 4.69) is 24.2 Å². The molecule has 0 fully saturated rings. The second-order valence-corrected chi connectivity index (χ2v) is 8.11. The molecule has 1 aromatic heterocycles. The van der Waals surface area contributed by atoms with E-state index >= 15 is 0 Å². The molecule has 0 saturated carbocycles. The van der Waals surface area contributed by atoms with Gasteiger partial charge >= 0.3 is 0 Å². The van der Waals surface area contributed by atoms with Gasteiger partial charge in [0.25, 0.3) is 0 Å². The van der Waals surface area contributed by atoms with Gasteiger partial charge in [-0.2, -0.15) is 0 Å². The van der Waals surface area contributed by atoms with Crippen molar-refractivity contribution in [2.24, 2.45) is 11.8 Å². The van der Waals surface area contributed by atoms with Crippen LogP contribution in [0, 0.1) is 11.8 Å². The number of carbonyl (C=O) groups excluding carboxylic acids is 1. The Hall–Kier alpha value is -1.35. The Balaban J connectivity index is 1.86. The Morgan fingerprint density at radius 3 is 2.13 bits per heavy atom. The van der Waals surface area contributed by atoms with Crippen molar-refractivity contribution in [2.45, 2.75) is 59.9 Å². The van der Waals surface area contributed by atoms with Crippen molar-refractivity contribution in [3.05, 3.63) is 11.9 Å². The van der Waals surface area contributed by atoms with Crippen molar-refractivity contribution in [1.29, 1.82) is 0 Å². The molecule has 0 atom stereocenters. The molecule has 0 amide bonds. The molecule has 0 aliphatic carbocycles. The normalized spacial score (nSPS) is 11.7. The quantitative estimate of drug-likeness (QED) is 0.296. The average molecular weight is 428 g/mol. The van der Waals surface area contributed by atoms with Crippen LogP contribution in [0.25, 0.3) is 0 Å². The van der Waals surface area contributed by atoms with Gasteiger partial charge in [-0.05, 0) is 18.8 Å². The van der Waals surface area contributed by atoms with Crippen LogP contribution in [0.4, 0.5) is 0 Å². The third kappa shape index (κ3) is 14.6. The molecule has 0 aliphatic heterocycles. The highest BCUT2D eigenvalue weighted by Gasteiger charge is 2.09. The third-order valence-corrected chi connectivity index (χ3v) is 4.30. The lowest BCUT2D eigenvalue weighted by molar-refractivity contribution is -0.121. The van der Waals surface area contributed by atoms with Crippen LogP contribution in [0.3, 0.4) is 0 Å². The summed E-state index contributed by atoms with van der Waals surface area (Å²) in [4.78, 5) is 11.7. The van der Waals surface area contributed by atoms with Crippen LogP contribution in [0.2, 0.25) is 0 Å². The number of carbonyl (C=O) groups is 1. The monoisotopic (exact) mass is 427 g/mol. The molecule has 0 aliphatic rings. The van der Waals surface area contributed by atoms with Crippen LogP contribution in [0.15, 0.2) is 6.20 Å². The van der Waals surface area contributed by atoms with Crippen molar-refractivity contribution in [1.82, 2.24) is 15.0 Å². The molecule has 8 nitrogen and oxygen atoms in total. The highest BCUT2D eigenvalue weighted by atomic mass is 16.5. The van der Waals surface area contributed by atoms with Gasteiger partial charge in [0, 0.05) is 58.0 Å². The molecule has 0 unspecified atom stereocenters. The largest absolute Gasteiger partial charge is 0.381 e. The number of nitrogens with zero attached hydrogens (tertiary/aromatic N) is 3. The summed E-state index contributed by atoms with van der Waals surface area (Å²) in [5, 5.41) is 8.18. The Morgan fingerprint density at radius 1 is 0.900 bits per heavy atom. The van der Waals surface area contributed by atoms with Gasteiger partial charge in [-0.3, -0.25) is 4.79 Å². The first-order chi connectivity index (χ1) is 14.5. The van der Waals surface area contributed by atoms with Gasteiger partial charge in [0.1, 0.15) is 5.78 Å². The van der Waals surface area contributed by atoms with Gasteiger partial charge in [-0.15, -0.1) is 5.10 Å². The molecule has 0 radical (unpaired) electrons. The minimum atomic E-state index is 0.0743. The lowest BCUT2D eigenvalue weighted by Gasteiger charge is -2.08. The first-order valence-electron chi connectivity index (χ1n) is 11.2. The molecule has 1 rings (SSSR count). The van der Waals surface area contributed by atoms with Gasteiger partial charge in [-0.25, -0.2) is 4.68 Å². The minimum absolute atomic E-state index is 0.0743. The van der Waals surface area contributed by atoms with Crippen LogP contribution < -0.4 is 0 Å². The number of ketones is 1. The van der Waals surface area contributed by atoms with E-state index in [-0.39, 0.29) is 11.7 Å². The zero-order valence-corrected chi connectivity index (χ0v) is 19.3. The molecule has 0 aromatic carbocycles. The standard InChI is InChI=1S/C22H41N3O5/c1-19(2)18-30-16-15-29-13-6-11-27-10-5-12-28-14-9-25-17-21(23-24-25)7-8-22(26)20(3)4/h17,19-20H,5-16,18H2,1-4H3. The lowest BCUT2D eigenvalue weighted by Crippen LogP contribution is -2.11. The van der Waals surface area contributed by atoms with Gasteiger partial charge in [0.2, 0.25) is 0 Å². The van der Waals surface area contributed by atoms with Crippen LogP contribution in [0.1, 0.15) is 52.7 Å². The van der Waals surface area contributed by atoms with Crippen molar-refractivity contribution < 1.29 is 23.7 Å². The van der Waals surface area contributed by atoms with Gasteiger partial charge in [0.05, 0.1) is 32.1 Å². The fourth-order valence-electron chi connectivity index (χ4n) is 2.53. The number of aromatic nitrogens is 3. The zero-order valence-electron chi connectivity index (χ0n) is 19.3. The summed E-state index contributed by atoms with van der Waals surface area (Å²) in [6.45, 7) is 14.2. The molecule has 0 spiro atoms. The van der Waals surface area contributed by atoms with Crippen LogP contribution >= 0.6 is 0 Å². The predicted octanol–water partition coefficient (Wildman–Crippen LogP) is 2.94. The first-order valence-corrected chi connectivity index (χ1v) is 11.2. The van der Waals surface area contributed by atoms with E-state index in [1.54, 1.807) is 4.68 Å². The predicted molar refractivity (Wildman–Crippen MR) is 116 cm³/mol. The molecule has 1 aromatic rings. The number of hydrogen-bond donors (Lipinski definition) is 0. The van der Waals surface area contributed by atoms with Crippen molar-refractivity contribution in [2.75, 3.05) is 52.9 Å². The topological polar surface area (TPSA) is 84.7 Å². The van der Waals surface area contributed by atoms with Crippen LogP contribution in [-0.2, 0) is 36.7 Å². The van der Waals surface area contributed by atoms with Crippen molar-refractivity contribution in [3.8, 4) is 0 Å². The van der Waals surface area contributed by atoms with E-state index in [9.17, 15) is 4.79 Å². The second kappa shape index (κ2) is 17.3. The maximum atomic E-state index is 11.7. The molecule has 0 N–H and O–H groups in total. The molecule has 174 valence electrons. The molecule has 0 bridgehead atoms. The molecular formula is C22H41N3O5. The maximum Gasteiger partial charge on any atom is 0.135 e. The smallest absolute Gasteiger partial charge is 0.135 e. The number of aryl methyl sites for hydroxylation is 1. The van der Waals surface area contributed by atoms with Gasteiger partial charge in [-0.1, -0.05) is 32.9 Å². The highest BCUT2D eigenvalue weighted by Crippen LogP contribution is 2.04. The fourth-order valence-corrected chi connectivity index (χ4v) is 2.53. The first kappa shape index (κ1) is 26.7. The van der Waals surface area contributed by atoms with E-state index in [1.165, 1.54) is 0 Å². The van der Waals surface area contributed by atoms with Crippen molar-refractivity contribution in [3.63, 3.8) is 0 Å². The summed E-state index contributed by atoms with van der Waals surface area (Å²) >= 11 is 0. The third-order valence-electron chi connectivity index (χ3n) is 4.30. The average Bonchev–Trinajstić information content (AvgIpc) is 3.16. The number of ether oxygens (including phenoxy) is 4. The number of hydrogen-bond acceptors (Lipinski definition) is 7. The number of rotatable bonds is 20. The summed E-state index contributed by atoms with van der Waals surface area (Å²) in [7, 11) is 0. The minimum Gasteiger partial charge on any atom is -0.381 e.